The number of nitrogens with zero attached hydrogens (tertiary/aromatic N) is 1. The van der Waals surface area contributed by atoms with Crippen LogP contribution in [0.3, 0.4) is 0 Å². The molecular weight excluding hydrogens is 432 g/mol. The molecule has 1 N–H and O–H groups in total. The van der Waals surface area contributed by atoms with Crippen molar-refractivity contribution in [1.29, 1.82) is 0 Å². The van der Waals surface area contributed by atoms with Crippen molar-refractivity contribution in [3.05, 3.63) is 63.8 Å². The molecule has 6 heteroatoms. The molecule has 0 saturated carbocycles. The number of benzene rings is 2. The van der Waals surface area contributed by atoms with Crippen molar-refractivity contribution in [3.8, 4) is 5.75 Å². The number of ether oxygens (including phenoxy) is 1. The van der Waals surface area contributed by atoms with Crippen LogP contribution in [0.25, 0.3) is 11.0 Å². The summed E-state index contributed by atoms with van der Waals surface area (Å²) in [6, 6.07) is 13.6. The summed E-state index contributed by atoms with van der Waals surface area (Å²) >= 11 is 3.50. The molecule has 0 spiro atoms. The van der Waals surface area contributed by atoms with Gasteiger partial charge in [-0.2, -0.15) is 0 Å². The molecular formula is C23H23BrN2O3. The van der Waals surface area contributed by atoms with Crippen molar-refractivity contribution in [3.63, 3.8) is 0 Å². The minimum Gasteiger partial charge on any atom is -0.490 e. The monoisotopic (exact) mass is 454 g/mol. The number of furan rings is 1. The van der Waals surface area contributed by atoms with E-state index in [9.17, 15) is 4.79 Å². The molecule has 150 valence electrons. The van der Waals surface area contributed by atoms with Gasteiger partial charge in [-0.05, 0) is 75.3 Å². The van der Waals surface area contributed by atoms with E-state index in [2.05, 4.69) is 26.2 Å². The molecule has 0 atom stereocenters. The van der Waals surface area contributed by atoms with Crippen molar-refractivity contribution in [1.82, 2.24) is 5.32 Å². The third kappa shape index (κ3) is 4.43. The first kappa shape index (κ1) is 19.9. The van der Waals surface area contributed by atoms with Gasteiger partial charge in [0.05, 0.1) is 0 Å². The Bertz CT molecular complexity index is 1060. The zero-order valence-electron chi connectivity index (χ0n) is 16.5. The molecule has 0 aliphatic carbocycles. The summed E-state index contributed by atoms with van der Waals surface area (Å²) in [6.07, 6.45) is 2.25. The van der Waals surface area contributed by atoms with E-state index in [1.54, 1.807) is 0 Å². The SMILES string of the molecule is CC(=O)/N=C(/c1ccc(OC2CCNCC2)cc1)c1oc2ccc(Br)cc2c1C. The Labute approximate surface area is 178 Å². The largest absolute Gasteiger partial charge is 0.490 e. The maximum Gasteiger partial charge on any atom is 0.243 e. The predicted octanol–water partition coefficient (Wildman–Crippen LogP) is 5.02. The van der Waals surface area contributed by atoms with E-state index in [-0.39, 0.29) is 12.0 Å². The molecule has 0 radical (unpaired) electrons. The minimum atomic E-state index is -0.268. The van der Waals surface area contributed by atoms with Crippen molar-refractivity contribution < 1.29 is 13.9 Å². The number of aliphatic imine (C=N–C) groups is 1. The standard InChI is InChI=1S/C23H23BrN2O3/c1-14-20-13-17(24)5-8-21(20)29-23(14)22(26-15(2)27)16-3-6-18(7-4-16)28-19-9-11-25-12-10-19/h3-8,13,19,25H,9-12H2,1-2H3/b26-22-. The summed E-state index contributed by atoms with van der Waals surface area (Å²) in [5.74, 6) is 1.17. The van der Waals surface area contributed by atoms with E-state index >= 15 is 0 Å². The van der Waals surface area contributed by atoms with Crippen molar-refractivity contribution >= 4 is 38.5 Å². The van der Waals surface area contributed by atoms with E-state index in [0.29, 0.717) is 11.5 Å². The number of piperidine rings is 1. The third-order valence-electron chi connectivity index (χ3n) is 5.10. The zero-order valence-corrected chi connectivity index (χ0v) is 18.1. The molecule has 2 aromatic carbocycles. The van der Waals surface area contributed by atoms with Crippen LogP contribution in [0.4, 0.5) is 0 Å². The molecule has 1 amide bonds. The first-order valence-electron chi connectivity index (χ1n) is 9.77. The summed E-state index contributed by atoms with van der Waals surface area (Å²) in [7, 11) is 0. The second-order valence-corrected chi connectivity index (χ2v) is 8.18. The van der Waals surface area contributed by atoms with Gasteiger partial charge in [0.25, 0.3) is 0 Å². The fourth-order valence-corrected chi connectivity index (χ4v) is 3.98. The molecule has 2 heterocycles. The van der Waals surface area contributed by atoms with Gasteiger partial charge < -0.3 is 14.5 Å². The average Bonchev–Trinajstić information content (AvgIpc) is 3.03. The fourth-order valence-electron chi connectivity index (χ4n) is 3.62. The number of carbonyl (C=O) groups excluding carboxylic acids is 1. The van der Waals surface area contributed by atoms with Crippen LogP contribution >= 0.6 is 15.9 Å². The van der Waals surface area contributed by atoms with E-state index in [1.165, 1.54) is 6.92 Å². The van der Waals surface area contributed by atoms with Gasteiger partial charge in [0.2, 0.25) is 5.91 Å². The van der Waals surface area contributed by atoms with Crippen LogP contribution in [0.15, 0.2) is 56.3 Å². The highest BCUT2D eigenvalue weighted by Gasteiger charge is 2.19. The van der Waals surface area contributed by atoms with Crippen molar-refractivity contribution in [2.75, 3.05) is 13.1 Å². The number of aryl methyl sites for hydroxylation is 1. The number of nitrogens with one attached hydrogen (secondary N) is 1. The van der Waals surface area contributed by atoms with Gasteiger partial charge >= 0.3 is 0 Å². The number of carbonyl (C=O) groups is 1. The fraction of sp³-hybridized carbons (Fsp3) is 0.304. The van der Waals surface area contributed by atoms with Gasteiger partial charge in [0, 0.05) is 27.9 Å². The molecule has 29 heavy (non-hydrogen) atoms. The summed E-state index contributed by atoms with van der Waals surface area (Å²) in [6.45, 7) is 5.40. The van der Waals surface area contributed by atoms with Gasteiger partial charge in [-0.15, -0.1) is 0 Å². The lowest BCUT2D eigenvalue weighted by Gasteiger charge is -2.23. The molecule has 0 bridgehead atoms. The van der Waals surface area contributed by atoms with Crippen LogP contribution in [0.2, 0.25) is 0 Å². The third-order valence-corrected chi connectivity index (χ3v) is 5.59. The Balaban J connectivity index is 1.67. The van der Waals surface area contributed by atoms with E-state index < -0.39 is 0 Å². The summed E-state index contributed by atoms with van der Waals surface area (Å²) in [5.41, 5.74) is 3.08. The number of halogens is 1. The number of hydrogen-bond acceptors (Lipinski definition) is 4. The summed E-state index contributed by atoms with van der Waals surface area (Å²) in [5, 5.41) is 4.34. The van der Waals surface area contributed by atoms with E-state index in [4.69, 9.17) is 9.15 Å². The quantitative estimate of drug-likeness (QED) is 0.562. The second kappa shape index (κ2) is 8.51. The zero-order chi connectivity index (χ0) is 20.4. The molecule has 1 aliphatic heterocycles. The van der Waals surface area contributed by atoms with Gasteiger partial charge in [0.1, 0.15) is 23.1 Å². The number of amides is 1. The molecule has 1 aliphatic rings. The first-order valence-corrected chi connectivity index (χ1v) is 10.6. The van der Waals surface area contributed by atoms with Crippen LogP contribution in [-0.4, -0.2) is 30.8 Å². The first-order chi connectivity index (χ1) is 14.0. The van der Waals surface area contributed by atoms with Crippen molar-refractivity contribution in [2.45, 2.75) is 32.8 Å². The number of hydrogen-bond donors (Lipinski definition) is 1. The average molecular weight is 455 g/mol. The molecule has 3 aromatic rings. The van der Waals surface area contributed by atoms with Crippen LogP contribution in [0, 0.1) is 6.92 Å². The molecule has 4 rings (SSSR count). The lowest BCUT2D eigenvalue weighted by atomic mass is 10.0. The minimum absolute atomic E-state index is 0.239. The lowest BCUT2D eigenvalue weighted by molar-refractivity contribution is -0.115. The smallest absolute Gasteiger partial charge is 0.243 e. The molecule has 5 nitrogen and oxygen atoms in total. The van der Waals surface area contributed by atoms with Crippen LogP contribution < -0.4 is 10.1 Å². The molecule has 0 unspecified atom stereocenters. The summed E-state index contributed by atoms with van der Waals surface area (Å²) in [4.78, 5) is 16.1. The number of fused-ring (bicyclic) bond motifs is 1. The highest BCUT2D eigenvalue weighted by Crippen LogP contribution is 2.30. The Morgan fingerprint density at radius 2 is 1.90 bits per heavy atom. The Morgan fingerprint density at radius 3 is 2.59 bits per heavy atom. The maximum absolute atomic E-state index is 11.8. The topological polar surface area (TPSA) is 63.8 Å². The summed E-state index contributed by atoms with van der Waals surface area (Å²) < 4.78 is 13.1. The molecule has 1 saturated heterocycles. The normalized spacial score (nSPS) is 15.6. The van der Waals surface area contributed by atoms with Gasteiger partial charge in [-0.3, -0.25) is 4.79 Å². The van der Waals surface area contributed by atoms with E-state index in [0.717, 1.165) is 58.2 Å². The molecule has 1 aromatic heterocycles. The lowest BCUT2D eigenvalue weighted by Crippen LogP contribution is -2.34. The Morgan fingerprint density at radius 1 is 1.17 bits per heavy atom. The van der Waals surface area contributed by atoms with Gasteiger partial charge in [0.15, 0.2) is 5.76 Å². The Hall–Kier alpha value is -2.44. The maximum atomic E-state index is 11.8. The Kier molecular flexibility index (Phi) is 5.83. The highest BCUT2D eigenvalue weighted by molar-refractivity contribution is 9.10. The van der Waals surface area contributed by atoms with Crippen molar-refractivity contribution in [2.24, 2.45) is 4.99 Å². The van der Waals surface area contributed by atoms with E-state index in [1.807, 2.05) is 49.4 Å². The highest BCUT2D eigenvalue weighted by atomic mass is 79.9. The van der Waals surface area contributed by atoms with Crippen LogP contribution in [-0.2, 0) is 4.79 Å². The second-order valence-electron chi connectivity index (χ2n) is 7.27. The predicted molar refractivity (Wildman–Crippen MR) is 118 cm³/mol. The van der Waals surface area contributed by atoms with Crippen LogP contribution in [0.5, 0.6) is 5.75 Å². The number of rotatable bonds is 4. The van der Waals surface area contributed by atoms with Gasteiger partial charge in [-0.25, -0.2) is 4.99 Å². The molecule has 1 fully saturated rings. The van der Waals surface area contributed by atoms with Gasteiger partial charge in [-0.1, -0.05) is 15.9 Å². The van der Waals surface area contributed by atoms with Crippen LogP contribution in [0.1, 0.15) is 36.7 Å².